The fourth-order valence-electron chi connectivity index (χ4n) is 0.769. The van der Waals surface area contributed by atoms with Gasteiger partial charge >= 0.3 is 29.6 Å². The van der Waals surface area contributed by atoms with Crippen molar-refractivity contribution in [2.75, 3.05) is 0 Å². The molecule has 0 aliphatic heterocycles. The third-order valence-electron chi connectivity index (χ3n) is 1.42. The summed E-state index contributed by atoms with van der Waals surface area (Å²) in [5.74, 6) is -0.331. The Balaban J connectivity index is 0. The van der Waals surface area contributed by atoms with Crippen LogP contribution in [-0.4, -0.2) is 10.9 Å². The number of hydrogen-bond donors (Lipinski definition) is 1. The van der Waals surface area contributed by atoms with Crippen molar-refractivity contribution in [3.63, 3.8) is 0 Å². The van der Waals surface area contributed by atoms with Crippen LogP contribution in [0.4, 0.5) is 0 Å². The van der Waals surface area contributed by atoms with E-state index in [1.807, 2.05) is 0 Å². The van der Waals surface area contributed by atoms with Crippen LogP contribution in [0.15, 0.2) is 12.1 Å². The van der Waals surface area contributed by atoms with Gasteiger partial charge in [0.2, 0.25) is 0 Å². The zero-order valence-electron chi connectivity index (χ0n) is 8.27. The van der Waals surface area contributed by atoms with Gasteiger partial charge in [-0.1, -0.05) is 23.2 Å². The molecule has 0 aromatic heterocycles. The van der Waals surface area contributed by atoms with Crippen molar-refractivity contribution < 1.29 is 40.9 Å². The zero-order valence-corrected chi connectivity index (χ0v) is 10.8. The molecule has 0 aliphatic carbocycles. The molecule has 5 heteroatoms. The summed E-state index contributed by atoms with van der Waals surface area (Å²) in [6.45, 7) is 1.40. The van der Waals surface area contributed by atoms with Gasteiger partial charge < -0.3 is 6.53 Å². The Morgan fingerprint density at radius 3 is 2.08 bits per heavy atom. The maximum absolute atomic E-state index is 10.9. The van der Waals surface area contributed by atoms with Crippen molar-refractivity contribution in [2.45, 2.75) is 6.92 Å². The molecular weight excluding hydrogens is 222 g/mol. The van der Waals surface area contributed by atoms with Gasteiger partial charge in [0.25, 0.3) is 0 Å². The summed E-state index contributed by atoms with van der Waals surface area (Å²) in [7, 11) is 0. The molecule has 0 bridgehead atoms. The van der Waals surface area contributed by atoms with Gasteiger partial charge in [-0.15, -0.1) is 0 Å². The Morgan fingerprint density at radius 2 is 1.77 bits per heavy atom. The van der Waals surface area contributed by atoms with Crippen LogP contribution in [0.5, 0.6) is 5.75 Å². The molecule has 1 aromatic carbocycles. The van der Waals surface area contributed by atoms with Gasteiger partial charge in [0, 0.05) is 5.56 Å². The second-order valence-electron chi connectivity index (χ2n) is 2.34. The van der Waals surface area contributed by atoms with E-state index in [9.17, 15) is 4.79 Å². The van der Waals surface area contributed by atoms with E-state index in [-0.39, 0.29) is 52.6 Å². The van der Waals surface area contributed by atoms with Crippen LogP contribution in [0.25, 0.3) is 0 Å². The molecule has 0 atom stereocenters. The first kappa shape index (κ1) is 13.3. The minimum atomic E-state index is -0.191. The molecule has 0 fully saturated rings. The topological polar surface area (TPSA) is 37.3 Å². The van der Waals surface area contributed by atoms with Crippen LogP contribution >= 0.6 is 23.2 Å². The van der Waals surface area contributed by atoms with E-state index in [2.05, 4.69) is 0 Å². The number of ketones is 1. The number of phenolic OH excluding ortho intramolecular Hbond substituents is 1. The molecule has 0 unspecified atom stereocenters. The largest absolute Gasteiger partial charge is 1.00 e. The molecule has 1 aromatic rings. The SMILES string of the molecule is CC(=O)c1cc(Cl)c(O)c(Cl)c1.[H-].[Na+]. The van der Waals surface area contributed by atoms with E-state index in [4.69, 9.17) is 28.3 Å². The molecule has 13 heavy (non-hydrogen) atoms. The predicted molar refractivity (Wildman–Crippen MR) is 49.2 cm³/mol. The molecule has 0 saturated carbocycles. The number of rotatable bonds is 1. The Bertz CT molecular complexity index is 321. The molecule has 1 N–H and O–H groups in total. The Morgan fingerprint density at radius 1 is 1.38 bits per heavy atom. The molecular formula is C8H7Cl2NaO2. The predicted octanol–water partition coefficient (Wildman–Crippen LogP) is 0.0181. The number of phenols is 1. The molecule has 1 rings (SSSR count). The van der Waals surface area contributed by atoms with Gasteiger partial charge in [-0.25, -0.2) is 0 Å². The van der Waals surface area contributed by atoms with E-state index in [0.717, 1.165) is 0 Å². The van der Waals surface area contributed by atoms with E-state index >= 15 is 0 Å². The summed E-state index contributed by atoms with van der Waals surface area (Å²) in [5, 5.41) is 9.32. The van der Waals surface area contributed by atoms with Gasteiger partial charge in [0.1, 0.15) is 0 Å². The quantitative estimate of drug-likeness (QED) is 0.544. The van der Waals surface area contributed by atoms with Crippen molar-refractivity contribution in [1.82, 2.24) is 0 Å². The molecule has 0 aliphatic rings. The first-order chi connectivity index (χ1) is 5.52. The van der Waals surface area contributed by atoms with Crippen LogP contribution in [0, 0.1) is 0 Å². The standard InChI is InChI=1S/C8H6Cl2O2.Na.H/c1-4(11)5-2-6(9)8(12)7(10)3-5;;/h2-3,12H,1H3;;/q;+1;-1. The third-order valence-corrected chi connectivity index (χ3v) is 2.00. The smallest absolute Gasteiger partial charge is 1.00 e. The van der Waals surface area contributed by atoms with Crippen LogP contribution in [0.1, 0.15) is 18.7 Å². The van der Waals surface area contributed by atoms with Crippen LogP contribution < -0.4 is 29.6 Å². The maximum Gasteiger partial charge on any atom is 1.00 e. The molecule has 0 spiro atoms. The van der Waals surface area contributed by atoms with Gasteiger partial charge in [-0.05, 0) is 19.1 Å². The Labute approximate surface area is 110 Å². The van der Waals surface area contributed by atoms with Crippen LogP contribution in [-0.2, 0) is 0 Å². The third kappa shape index (κ3) is 3.15. The summed E-state index contributed by atoms with van der Waals surface area (Å²) in [6.07, 6.45) is 0. The molecule has 0 radical (unpaired) electrons. The maximum atomic E-state index is 10.9. The van der Waals surface area contributed by atoms with Crippen LogP contribution in [0.2, 0.25) is 10.0 Å². The minimum absolute atomic E-state index is 0. The fraction of sp³-hybridized carbons (Fsp3) is 0.125. The van der Waals surface area contributed by atoms with E-state index in [0.29, 0.717) is 5.56 Å². The van der Waals surface area contributed by atoms with Crippen molar-refractivity contribution in [3.8, 4) is 5.75 Å². The number of Topliss-reactive ketones (excluding diaryl/α,β-unsaturated/α-hetero) is 1. The van der Waals surface area contributed by atoms with Crippen molar-refractivity contribution >= 4 is 29.0 Å². The van der Waals surface area contributed by atoms with Crippen molar-refractivity contribution in [2.24, 2.45) is 0 Å². The molecule has 2 nitrogen and oxygen atoms in total. The number of carbonyl (C=O) groups is 1. The summed E-state index contributed by atoms with van der Waals surface area (Å²) in [6, 6.07) is 2.76. The van der Waals surface area contributed by atoms with E-state index < -0.39 is 0 Å². The van der Waals surface area contributed by atoms with Gasteiger partial charge in [0.15, 0.2) is 11.5 Å². The minimum Gasteiger partial charge on any atom is -1.00 e. The van der Waals surface area contributed by atoms with Crippen molar-refractivity contribution in [1.29, 1.82) is 0 Å². The second kappa shape index (κ2) is 5.23. The summed E-state index contributed by atoms with van der Waals surface area (Å²) < 4.78 is 0. The normalized spacial score (nSPS) is 9.15. The summed E-state index contributed by atoms with van der Waals surface area (Å²) in [5.41, 5.74) is 0.391. The Kier molecular flexibility index (Phi) is 5.33. The van der Waals surface area contributed by atoms with Gasteiger partial charge in [-0.3, -0.25) is 4.79 Å². The molecule has 0 saturated heterocycles. The monoisotopic (exact) mass is 228 g/mol. The van der Waals surface area contributed by atoms with Crippen LogP contribution in [0.3, 0.4) is 0 Å². The van der Waals surface area contributed by atoms with Crippen molar-refractivity contribution in [3.05, 3.63) is 27.7 Å². The Hall–Kier alpha value is 0.270. The molecule has 0 heterocycles. The number of hydrogen-bond acceptors (Lipinski definition) is 2. The first-order valence-corrected chi connectivity index (χ1v) is 3.97. The van der Waals surface area contributed by atoms with E-state index in [1.54, 1.807) is 0 Å². The number of carbonyl (C=O) groups excluding carboxylic acids is 1. The molecule has 66 valence electrons. The summed E-state index contributed by atoms with van der Waals surface area (Å²) >= 11 is 11.2. The molecule has 0 amide bonds. The van der Waals surface area contributed by atoms with Gasteiger partial charge in [-0.2, -0.15) is 0 Å². The average molecular weight is 229 g/mol. The van der Waals surface area contributed by atoms with Gasteiger partial charge in [0.05, 0.1) is 10.0 Å². The van der Waals surface area contributed by atoms with E-state index in [1.165, 1.54) is 19.1 Å². The fourth-order valence-corrected chi connectivity index (χ4v) is 1.26. The summed E-state index contributed by atoms with van der Waals surface area (Å²) in [4.78, 5) is 10.9. The number of aromatic hydroxyl groups is 1. The second-order valence-corrected chi connectivity index (χ2v) is 3.16. The average Bonchev–Trinajstić information content (AvgIpc) is 1.99. The number of benzene rings is 1. The zero-order chi connectivity index (χ0) is 9.30. The number of halogens is 2. The first-order valence-electron chi connectivity index (χ1n) is 3.21.